The van der Waals surface area contributed by atoms with Crippen molar-refractivity contribution in [3.63, 3.8) is 0 Å². The lowest BCUT2D eigenvalue weighted by Crippen LogP contribution is -2.42. The molecule has 1 atom stereocenters. The Morgan fingerprint density at radius 2 is 1.46 bits per heavy atom. The van der Waals surface area contributed by atoms with Gasteiger partial charge in [0.15, 0.2) is 0 Å². The van der Waals surface area contributed by atoms with E-state index in [1.165, 1.54) is 77.0 Å². The average molecular weight is 393 g/mol. The molecule has 0 spiro atoms. The molecule has 0 radical (unpaired) electrons. The number of carbonyl (C=O) groups excluding carboxylic acids is 1. The third-order valence-electron chi connectivity index (χ3n) is 4.93. The van der Waals surface area contributed by atoms with Crippen molar-refractivity contribution in [2.24, 2.45) is 10.5 Å². The molecule has 0 aliphatic heterocycles. The van der Waals surface area contributed by atoms with E-state index in [2.05, 4.69) is 28.3 Å². The van der Waals surface area contributed by atoms with Gasteiger partial charge in [0, 0.05) is 16.9 Å². The molecule has 0 fully saturated rings. The summed E-state index contributed by atoms with van der Waals surface area (Å²) in [6.45, 7) is 8.16. The van der Waals surface area contributed by atoms with E-state index in [4.69, 9.17) is 5.53 Å². The number of carbonyl (C=O) groups is 1. The Labute approximate surface area is 173 Å². The molecule has 0 aromatic heterocycles. The second-order valence-corrected chi connectivity index (χ2v) is 8.85. The molecular weight excluding hydrogens is 348 g/mol. The van der Waals surface area contributed by atoms with Crippen LogP contribution in [0, 0.1) is 5.41 Å². The molecule has 0 aromatic rings. The van der Waals surface area contributed by atoms with Crippen LogP contribution >= 0.6 is 0 Å². The van der Waals surface area contributed by atoms with Gasteiger partial charge in [0.1, 0.15) is 0 Å². The van der Waals surface area contributed by atoms with Crippen LogP contribution in [0.2, 0.25) is 0 Å². The zero-order valence-electron chi connectivity index (χ0n) is 18.9. The molecule has 0 rings (SSSR count). The van der Waals surface area contributed by atoms with E-state index in [0.717, 1.165) is 6.42 Å². The lowest BCUT2D eigenvalue weighted by atomic mass is 9.95. The molecule has 28 heavy (non-hydrogen) atoms. The molecule has 0 unspecified atom stereocenters. The molecule has 0 saturated carbocycles. The summed E-state index contributed by atoms with van der Waals surface area (Å²) in [5.74, 6) is -0.0272. The highest BCUT2D eigenvalue weighted by Crippen LogP contribution is 2.14. The Morgan fingerprint density at radius 1 is 0.964 bits per heavy atom. The summed E-state index contributed by atoms with van der Waals surface area (Å²) in [6, 6.07) is -0.222. The summed E-state index contributed by atoms with van der Waals surface area (Å²) >= 11 is 0. The number of nitrogens with one attached hydrogen (secondary N) is 1. The highest BCUT2D eigenvalue weighted by molar-refractivity contribution is 5.81. The molecule has 0 aliphatic rings. The Bertz CT molecular complexity index is 462. The van der Waals surface area contributed by atoms with E-state index in [1.54, 1.807) is 0 Å². The number of hydrogen-bond acceptors (Lipinski definition) is 2. The highest BCUT2D eigenvalue weighted by atomic mass is 16.2. The third-order valence-corrected chi connectivity index (χ3v) is 4.93. The molecule has 0 bridgehead atoms. The number of hydrogen-bond donors (Lipinski definition) is 1. The average Bonchev–Trinajstić information content (AvgIpc) is 2.65. The lowest BCUT2D eigenvalue weighted by molar-refractivity contribution is -0.128. The summed E-state index contributed by atoms with van der Waals surface area (Å²) in [5, 5.41) is 6.55. The van der Waals surface area contributed by atoms with Crippen LogP contribution in [0.15, 0.2) is 17.3 Å². The number of unbranched alkanes of at least 4 members (excludes halogenated alkanes) is 12. The van der Waals surface area contributed by atoms with Crippen molar-refractivity contribution in [3.8, 4) is 0 Å². The zero-order chi connectivity index (χ0) is 21.1. The molecule has 0 aromatic carbocycles. The van der Waals surface area contributed by atoms with Gasteiger partial charge in [-0.15, -0.1) is 0 Å². The molecule has 1 N–H and O–H groups in total. The fraction of sp³-hybridized carbons (Fsp3) is 0.870. The van der Waals surface area contributed by atoms with Crippen molar-refractivity contribution in [1.82, 2.24) is 5.32 Å². The number of amides is 1. The molecule has 162 valence electrons. The number of allylic oxidation sites excluding steroid dienone is 1. The molecule has 0 saturated heterocycles. The van der Waals surface area contributed by atoms with Gasteiger partial charge >= 0.3 is 0 Å². The first-order valence-corrected chi connectivity index (χ1v) is 11.4. The van der Waals surface area contributed by atoms with Gasteiger partial charge in [-0.3, -0.25) is 4.79 Å². The molecule has 5 nitrogen and oxygen atoms in total. The van der Waals surface area contributed by atoms with Gasteiger partial charge in [-0.2, -0.15) is 0 Å². The van der Waals surface area contributed by atoms with E-state index in [-0.39, 0.29) is 18.5 Å². The van der Waals surface area contributed by atoms with Crippen molar-refractivity contribution < 1.29 is 4.79 Å². The number of nitrogens with zero attached hydrogens (tertiary/aromatic N) is 3. The van der Waals surface area contributed by atoms with Crippen molar-refractivity contribution in [2.45, 2.75) is 117 Å². The van der Waals surface area contributed by atoms with E-state index >= 15 is 0 Å². The molecule has 0 heterocycles. The second-order valence-electron chi connectivity index (χ2n) is 8.85. The summed E-state index contributed by atoms with van der Waals surface area (Å²) in [5.41, 5.74) is 8.08. The van der Waals surface area contributed by atoms with Crippen LogP contribution in [-0.4, -0.2) is 18.5 Å². The first-order chi connectivity index (χ1) is 13.4. The van der Waals surface area contributed by atoms with Gasteiger partial charge in [0.05, 0.1) is 6.04 Å². The van der Waals surface area contributed by atoms with Crippen molar-refractivity contribution >= 4 is 5.91 Å². The smallest absolute Gasteiger partial charge is 0.225 e. The van der Waals surface area contributed by atoms with Gasteiger partial charge in [-0.1, -0.05) is 116 Å². The summed E-state index contributed by atoms with van der Waals surface area (Å²) in [6.07, 6.45) is 21.3. The van der Waals surface area contributed by atoms with Gasteiger partial charge < -0.3 is 5.32 Å². The van der Waals surface area contributed by atoms with Crippen molar-refractivity contribution in [3.05, 3.63) is 22.6 Å². The SMILES string of the molecule is CCCCCCCCCCCCCC/C=C\[C@H](CN=[N+]=[N-])NC(=O)C(C)(C)C. The predicted molar refractivity (Wildman–Crippen MR) is 120 cm³/mol. The van der Waals surface area contributed by atoms with E-state index in [1.807, 2.05) is 26.8 Å². The maximum Gasteiger partial charge on any atom is 0.225 e. The second kappa shape index (κ2) is 17.6. The first-order valence-electron chi connectivity index (χ1n) is 11.4. The molecule has 5 heteroatoms. The Hall–Kier alpha value is -1.48. The number of rotatable bonds is 17. The molecule has 1 amide bonds. The minimum absolute atomic E-state index is 0.0272. The third kappa shape index (κ3) is 16.7. The quantitative estimate of drug-likeness (QED) is 0.0899. The van der Waals surface area contributed by atoms with E-state index < -0.39 is 5.41 Å². The molecule has 0 aliphatic carbocycles. The topological polar surface area (TPSA) is 77.9 Å². The summed E-state index contributed by atoms with van der Waals surface area (Å²) < 4.78 is 0. The van der Waals surface area contributed by atoms with Crippen molar-refractivity contribution in [1.29, 1.82) is 0 Å². The van der Waals surface area contributed by atoms with E-state index in [9.17, 15) is 4.79 Å². The standard InChI is InChI=1S/C23H44N4O/c1-5-6-7-8-9-10-11-12-13-14-15-16-17-18-19-21(20-25-27-24)26-22(28)23(2,3)4/h18-19,21H,5-17,20H2,1-4H3,(H,26,28)/b19-18-/t21-/m1/s1. The Morgan fingerprint density at radius 3 is 1.93 bits per heavy atom. The Balaban J connectivity index is 3.77. The maximum absolute atomic E-state index is 12.1. The fourth-order valence-electron chi connectivity index (χ4n) is 3.03. The van der Waals surface area contributed by atoms with Crippen LogP contribution in [0.3, 0.4) is 0 Å². The van der Waals surface area contributed by atoms with Crippen LogP contribution in [0.5, 0.6) is 0 Å². The van der Waals surface area contributed by atoms with E-state index in [0.29, 0.717) is 0 Å². The number of azide groups is 1. The highest BCUT2D eigenvalue weighted by Gasteiger charge is 2.22. The van der Waals surface area contributed by atoms with Gasteiger partial charge in [-0.05, 0) is 18.4 Å². The Kier molecular flexibility index (Phi) is 16.7. The minimum atomic E-state index is -0.446. The summed E-state index contributed by atoms with van der Waals surface area (Å²) in [7, 11) is 0. The largest absolute Gasteiger partial charge is 0.349 e. The fourth-order valence-corrected chi connectivity index (χ4v) is 3.03. The maximum atomic E-state index is 12.1. The van der Waals surface area contributed by atoms with Crippen molar-refractivity contribution in [2.75, 3.05) is 6.54 Å². The monoisotopic (exact) mass is 392 g/mol. The first kappa shape index (κ1) is 26.5. The predicted octanol–water partition coefficient (Wildman–Crippen LogP) is 7.48. The van der Waals surface area contributed by atoms with Gasteiger partial charge in [0.25, 0.3) is 0 Å². The van der Waals surface area contributed by atoms with Gasteiger partial charge in [0.2, 0.25) is 5.91 Å². The lowest BCUT2D eigenvalue weighted by Gasteiger charge is -2.21. The van der Waals surface area contributed by atoms with Crippen LogP contribution in [0.4, 0.5) is 0 Å². The van der Waals surface area contributed by atoms with Crippen LogP contribution in [-0.2, 0) is 4.79 Å². The van der Waals surface area contributed by atoms with Crippen LogP contribution in [0.25, 0.3) is 10.4 Å². The zero-order valence-corrected chi connectivity index (χ0v) is 18.9. The minimum Gasteiger partial charge on any atom is -0.349 e. The van der Waals surface area contributed by atoms with Gasteiger partial charge in [-0.25, -0.2) is 0 Å². The normalized spacial score (nSPS) is 12.7. The molecular formula is C23H44N4O. The van der Waals surface area contributed by atoms with Crippen LogP contribution in [0.1, 0.15) is 111 Å². The van der Waals surface area contributed by atoms with Crippen LogP contribution < -0.4 is 5.32 Å². The summed E-state index contributed by atoms with van der Waals surface area (Å²) in [4.78, 5) is 14.9.